The highest BCUT2D eigenvalue weighted by atomic mass is 35.5. The van der Waals surface area contributed by atoms with E-state index < -0.39 is 12.1 Å². The molecular weight excluding hydrogens is 347 g/mol. The molecule has 0 aromatic carbocycles. The number of hydrogen-bond donors (Lipinski definition) is 4. The van der Waals surface area contributed by atoms with Gasteiger partial charge in [0.05, 0.1) is 14.2 Å². The van der Waals surface area contributed by atoms with Crippen molar-refractivity contribution in [2.75, 3.05) is 38.8 Å². The third kappa shape index (κ3) is 9.95. The predicted octanol–water partition coefficient (Wildman–Crippen LogP) is -0.0480. The van der Waals surface area contributed by atoms with Crippen molar-refractivity contribution in [3.8, 4) is 0 Å². The molecule has 10 heteroatoms. The van der Waals surface area contributed by atoms with Gasteiger partial charge in [-0.15, -0.1) is 24.8 Å². The third-order valence-electron chi connectivity index (χ3n) is 2.24. The molecule has 0 spiro atoms. The highest BCUT2D eigenvalue weighted by molar-refractivity contribution is 7.80. The van der Waals surface area contributed by atoms with Gasteiger partial charge in [0.1, 0.15) is 12.1 Å². The van der Waals surface area contributed by atoms with Crippen LogP contribution in [0.2, 0.25) is 0 Å². The Bertz CT molecular complexity index is 250. The fraction of sp³-hybridized carbons (Fsp3) is 0.800. The van der Waals surface area contributed by atoms with E-state index in [2.05, 4.69) is 45.4 Å². The number of esters is 2. The summed E-state index contributed by atoms with van der Waals surface area (Å²) in [5, 5.41) is 5.93. The van der Waals surface area contributed by atoms with Crippen LogP contribution >= 0.6 is 50.1 Å². The summed E-state index contributed by atoms with van der Waals surface area (Å²) in [6.07, 6.45) is 0. The second-order valence-electron chi connectivity index (χ2n) is 3.42. The molecule has 0 aliphatic carbocycles. The first-order chi connectivity index (χ1) is 8.60. The van der Waals surface area contributed by atoms with E-state index in [0.717, 1.165) is 0 Å². The predicted molar refractivity (Wildman–Crippen MR) is 89.8 cm³/mol. The van der Waals surface area contributed by atoms with Crippen LogP contribution in [0.15, 0.2) is 0 Å². The summed E-state index contributed by atoms with van der Waals surface area (Å²) in [4.78, 5) is 22.5. The van der Waals surface area contributed by atoms with E-state index in [1.54, 1.807) is 0 Å². The SMILES string of the molecule is COC(=O)[C@H](CS)NCCN[C@@H](CS)C(=O)OC.Cl.Cl. The molecule has 0 radical (unpaired) electrons. The van der Waals surface area contributed by atoms with Gasteiger partial charge in [-0.2, -0.15) is 25.3 Å². The fourth-order valence-corrected chi connectivity index (χ4v) is 1.78. The zero-order valence-electron chi connectivity index (χ0n) is 11.3. The molecule has 0 saturated heterocycles. The number of ether oxygens (including phenoxy) is 2. The molecule has 0 fully saturated rings. The second kappa shape index (κ2) is 15.5. The minimum Gasteiger partial charge on any atom is -0.468 e. The fourth-order valence-electron chi connectivity index (χ4n) is 1.22. The number of nitrogens with one attached hydrogen (secondary N) is 2. The number of methoxy groups -OCH3 is 2. The summed E-state index contributed by atoms with van der Waals surface area (Å²) < 4.78 is 9.20. The second-order valence-corrected chi connectivity index (χ2v) is 4.16. The monoisotopic (exact) mass is 368 g/mol. The van der Waals surface area contributed by atoms with Crippen LogP contribution in [0.5, 0.6) is 0 Å². The molecule has 0 aromatic rings. The molecular formula is C10H22Cl2N2O4S2. The van der Waals surface area contributed by atoms with Crippen LogP contribution in [0.4, 0.5) is 0 Å². The number of rotatable bonds is 9. The molecule has 0 rings (SSSR count). The maximum Gasteiger partial charge on any atom is 0.323 e. The highest BCUT2D eigenvalue weighted by Gasteiger charge is 2.18. The molecule has 20 heavy (non-hydrogen) atoms. The number of thiol groups is 2. The van der Waals surface area contributed by atoms with Crippen molar-refractivity contribution in [1.29, 1.82) is 0 Å². The van der Waals surface area contributed by atoms with Crippen LogP contribution in [0.3, 0.4) is 0 Å². The van der Waals surface area contributed by atoms with Gasteiger partial charge >= 0.3 is 11.9 Å². The Hall–Kier alpha value is 0.140. The summed E-state index contributed by atoms with van der Waals surface area (Å²) >= 11 is 8.10. The lowest BCUT2D eigenvalue weighted by molar-refractivity contribution is -0.143. The summed E-state index contributed by atoms with van der Waals surface area (Å²) in [5.74, 6) is -0.0216. The van der Waals surface area contributed by atoms with E-state index >= 15 is 0 Å². The molecule has 0 aliphatic rings. The van der Waals surface area contributed by atoms with Gasteiger partial charge in [0, 0.05) is 24.6 Å². The average Bonchev–Trinajstić information content (AvgIpc) is 2.41. The van der Waals surface area contributed by atoms with Gasteiger partial charge in [-0.25, -0.2) is 0 Å². The highest BCUT2D eigenvalue weighted by Crippen LogP contribution is 1.92. The Morgan fingerprint density at radius 2 is 1.20 bits per heavy atom. The van der Waals surface area contributed by atoms with E-state index in [1.807, 2.05) is 0 Å². The summed E-state index contributed by atoms with van der Waals surface area (Å²) in [7, 11) is 2.65. The Balaban J connectivity index is -0.00000144. The molecule has 2 atom stereocenters. The van der Waals surface area contributed by atoms with Crippen LogP contribution in [0.1, 0.15) is 0 Å². The van der Waals surface area contributed by atoms with E-state index in [9.17, 15) is 9.59 Å². The molecule has 0 bridgehead atoms. The quantitative estimate of drug-likeness (QED) is 0.260. The summed E-state index contributed by atoms with van der Waals surface area (Å²) in [5.41, 5.74) is 0. The standard InChI is InChI=1S/C10H20N2O4S2.2ClH/c1-15-9(13)7(5-17)11-3-4-12-8(6-18)10(14)16-2;;/h7-8,11-12,17-18H,3-6H2,1-2H3;2*1H/t7-,8-;;/m0../s1. The van der Waals surface area contributed by atoms with Gasteiger partial charge in [0.2, 0.25) is 0 Å². The first-order valence-corrected chi connectivity index (χ1v) is 6.71. The topological polar surface area (TPSA) is 76.7 Å². The van der Waals surface area contributed by atoms with Crippen LogP contribution in [-0.2, 0) is 19.1 Å². The van der Waals surface area contributed by atoms with Crippen LogP contribution in [0.25, 0.3) is 0 Å². The van der Waals surface area contributed by atoms with Gasteiger partial charge in [0.25, 0.3) is 0 Å². The normalized spacial score (nSPS) is 12.4. The lowest BCUT2D eigenvalue weighted by Crippen LogP contribution is -2.46. The molecule has 0 aromatic heterocycles. The zero-order valence-corrected chi connectivity index (χ0v) is 14.7. The van der Waals surface area contributed by atoms with Gasteiger partial charge in [-0.1, -0.05) is 0 Å². The van der Waals surface area contributed by atoms with Crippen LogP contribution < -0.4 is 10.6 Å². The minimum atomic E-state index is -0.451. The van der Waals surface area contributed by atoms with Crippen LogP contribution in [-0.4, -0.2) is 62.8 Å². The van der Waals surface area contributed by atoms with Crippen LogP contribution in [0, 0.1) is 0 Å². The van der Waals surface area contributed by atoms with Gasteiger partial charge < -0.3 is 20.1 Å². The van der Waals surface area contributed by atoms with Crippen molar-refractivity contribution in [3.05, 3.63) is 0 Å². The van der Waals surface area contributed by atoms with Crippen molar-refractivity contribution < 1.29 is 19.1 Å². The van der Waals surface area contributed by atoms with Gasteiger partial charge in [0.15, 0.2) is 0 Å². The first kappa shape index (κ1) is 25.1. The average molecular weight is 369 g/mol. The summed E-state index contributed by atoms with van der Waals surface area (Å²) in [6.45, 7) is 1.00. The van der Waals surface area contributed by atoms with E-state index in [4.69, 9.17) is 0 Å². The Morgan fingerprint density at radius 1 is 0.900 bits per heavy atom. The van der Waals surface area contributed by atoms with E-state index in [1.165, 1.54) is 14.2 Å². The number of carbonyl (C=O) groups excluding carboxylic acids is 2. The van der Waals surface area contributed by atoms with Crippen molar-refractivity contribution in [3.63, 3.8) is 0 Å². The largest absolute Gasteiger partial charge is 0.468 e. The third-order valence-corrected chi connectivity index (χ3v) is 2.97. The lowest BCUT2D eigenvalue weighted by Gasteiger charge is -2.17. The maximum absolute atomic E-state index is 11.2. The van der Waals surface area contributed by atoms with E-state index in [0.29, 0.717) is 24.6 Å². The Kier molecular flexibility index (Phi) is 19.5. The van der Waals surface area contributed by atoms with Crippen molar-refractivity contribution >= 4 is 62.0 Å². The number of halogens is 2. The molecule has 0 heterocycles. The zero-order chi connectivity index (χ0) is 14.0. The molecule has 0 aliphatic heterocycles. The summed E-state index contributed by atoms with van der Waals surface area (Å²) in [6, 6.07) is -0.902. The first-order valence-electron chi connectivity index (χ1n) is 5.44. The minimum absolute atomic E-state index is 0. The van der Waals surface area contributed by atoms with Crippen molar-refractivity contribution in [1.82, 2.24) is 10.6 Å². The molecule has 0 saturated carbocycles. The Morgan fingerprint density at radius 3 is 1.40 bits per heavy atom. The molecule has 2 N–H and O–H groups in total. The molecule has 122 valence electrons. The van der Waals surface area contributed by atoms with Gasteiger partial charge in [-0.05, 0) is 0 Å². The maximum atomic E-state index is 11.2. The lowest BCUT2D eigenvalue weighted by atomic mass is 10.3. The molecule has 6 nitrogen and oxygen atoms in total. The van der Waals surface area contributed by atoms with Crippen molar-refractivity contribution in [2.45, 2.75) is 12.1 Å². The number of carbonyl (C=O) groups is 2. The number of hydrogen-bond acceptors (Lipinski definition) is 8. The molecule has 0 amide bonds. The Labute approximate surface area is 142 Å². The van der Waals surface area contributed by atoms with Crippen molar-refractivity contribution in [2.24, 2.45) is 0 Å². The smallest absolute Gasteiger partial charge is 0.323 e. The molecule has 0 unspecified atom stereocenters. The van der Waals surface area contributed by atoms with Gasteiger partial charge in [-0.3, -0.25) is 9.59 Å². The van der Waals surface area contributed by atoms with E-state index in [-0.39, 0.29) is 36.8 Å².